The molecule has 1 heterocycles. The molecule has 92 valence electrons. The molecule has 1 rings (SSSR count). The zero-order valence-corrected chi connectivity index (χ0v) is 9.97. The van der Waals surface area contributed by atoms with Crippen LogP contribution < -0.4 is 11.1 Å². The highest BCUT2D eigenvalue weighted by Crippen LogP contribution is 2.04. The summed E-state index contributed by atoms with van der Waals surface area (Å²) in [7, 11) is 3.34. The Hall–Kier alpha value is -2.18. The van der Waals surface area contributed by atoms with Gasteiger partial charge in [-0.25, -0.2) is 0 Å². The van der Waals surface area contributed by atoms with Crippen molar-refractivity contribution in [1.82, 2.24) is 15.1 Å². The number of carbonyl (C=O) groups is 2. The molecule has 7 nitrogen and oxygen atoms in total. The number of hydrogen-bond acceptors (Lipinski definition) is 5. The lowest BCUT2D eigenvalue weighted by molar-refractivity contribution is -0.129. The van der Waals surface area contributed by atoms with Crippen molar-refractivity contribution in [2.75, 3.05) is 19.4 Å². The van der Waals surface area contributed by atoms with Gasteiger partial charge in [0.15, 0.2) is 5.69 Å². The minimum atomic E-state index is -0.638. The Labute approximate surface area is 99.0 Å². The van der Waals surface area contributed by atoms with Crippen LogP contribution in [0.3, 0.4) is 0 Å². The van der Waals surface area contributed by atoms with Gasteiger partial charge in [-0.05, 0) is 19.1 Å². The van der Waals surface area contributed by atoms with E-state index >= 15 is 0 Å². The topological polar surface area (TPSA) is 101 Å². The number of hydrogen-bond donors (Lipinski definition) is 2. The van der Waals surface area contributed by atoms with Crippen LogP contribution in [0.15, 0.2) is 12.1 Å². The van der Waals surface area contributed by atoms with Crippen molar-refractivity contribution in [2.45, 2.75) is 13.0 Å². The van der Waals surface area contributed by atoms with Crippen molar-refractivity contribution >= 4 is 17.6 Å². The highest BCUT2D eigenvalue weighted by molar-refractivity contribution is 5.90. The molecule has 0 aliphatic heterocycles. The number of carbonyl (C=O) groups excluding carboxylic acids is 2. The Morgan fingerprint density at radius 1 is 1.35 bits per heavy atom. The molecule has 0 aliphatic rings. The van der Waals surface area contributed by atoms with E-state index in [1.54, 1.807) is 27.1 Å². The second-order valence-corrected chi connectivity index (χ2v) is 3.77. The minimum Gasteiger partial charge on any atom is -0.364 e. The van der Waals surface area contributed by atoms with Crippen LogP contribution in [0.25, 0.3) is 0 Å². The third-order valence-corrected chi connectivity index (χ3v) is 2.09. The summed E-state index contributed by atoms with van der Waals surface area (Å²) in [5.41, 5.74) is 5.12. The summed E-state index contributed by atoms with van der Waals surface area (Å²) in [6.07, 6.45) is 0. The Bertz CT molecular complexity index is 415. The van der Waals surface area contributed by atoms with Gasteiger partial charge in [-0.3, -0.25) is 9.59 Å². The maximum Gasteiger partial charge on any atom is 0.269 e. The Balaban J connectivity index is 2.69. The summed E-state index contributed by atoms with van der Waals surface area (Å²) in [4.78, 5) is 23.8. The van der Waals surface area contributed by atoms with Gasteiger partial charge in [0.1, 0.15) is 11.9 Å². The van der Waals surface area contributed by atoms with Gasteiger partial charge in [0.05, 0.1) is 0 Å². The highest BCUT2D eigenvalue weighted by atomic mass is 16.2. The van der Waals surface area contributed by atoms with Gasteiger partial charge in [-0.1, -0.05) is 0 Å². The molecule has 1 unspecified atom stereocenters. The summed E-state index contributed by atoms with van der Waals surface area (Å²) < 4.78 is 0. The van der Waals surface area contributed by atoms with Crippen LogP contribution in [0.4, 0.5) is 5.82 Å². The summed E-state index contributed by atoms with van der Waals surface area (Å²) in [5.74, 6) is -0.301. The summed E-state index contributed by atoms with van der Waals surface area (Å²) in [6.45, 7) is 1.71. The SMILES string of the molecule is CC(Nc1ccc(C(N)=O)nn1)C(=O)N(C)C. The lowest BCUT2D eigenvalue weighted by Gasteiger charge is -2.17. The zero-order chi connectivity index (χ0) is 13.0. The molecule has 3 N–H and O–H groups in total. The normalized spacial score (nSPS) is 11.7. The Kier molecular flexibility index (Phi) is 3.97. The summed E-state index contributed by atoms with van der Waals surface area (Å²) in [6, 6.07) is 2.58. The molecular weight excluding hydrogens is 222 g/mol. The van der Waals surface area contributed by atoms with Gasteiger partial charge < -0.3 is 16.0 Å². The molecule has 1 aromatic rings. The van der Waals surface area contributed by atoms with E-state index in [1.165, 1.54) is 11.0 Å². The third kappa shape index (κ3) is 3.40. The van der Waals surface area contributed by atoms with Crippen LogP contribution in [0, 0.1) is 0 Å². The van der Waals surface area contributed by atoms with E-state index < -0.39 is 11.9 Å². The number of nitrogens with zero attached hydrogens (tertiary/aromatic N) is 3. The number of anilines is 1. The van der Waals surface area contributed by atoms with E-state index in [1.807, 2.05) is 0 Å². The predicted octanol–water partition coefficient (Wildman–Crippen LogP) is -0.536. The predicted molar refractivity (Wildman–Crippen MR) is 62.3 cm³/mol. The van der Waals surface area contributed by atoms with Crippen LogP contribution in [-0.2, 0) is 4.79 Å². The van der Waals surface area contributed by atoms with Crippen molar-refractivity contribution in [3.63, 3.8) is 0 Å². The summed E-state index contributed by atoms with van der Waals surface area (Å²) >= 11 is 0. The fourth-order valence-corrected chi connectivity index (χ4v) is 1.21. The first kappa shape index (κ1) is 12.9. The van der Waals surface area contributed by atoms with Crippen molar-refractivity contribution in [3.05, 3.63) is 17.8 Å². The first-order valence-corrected chi connectivity index (χ1v) is 5.03. The summed E-state index contributed by atoms with van der Waals surface area (Å²) in [5, 5.41) is 10.2. The number of amides is 2. The highest BCUT2D eigenvalue weighted by Gasteiger charge is 2.15. The second kappa shape index (κ2) is 5.24. The fraction of sp³-hybridized carbons (Fsp3) is 0.400. The number of nitrogens with two attached hydrogens (primary N) is 1. The van der Waals surface area contributed by atoms with Gasteiger partial charge >= 0.3 is 0 Å². The molecule has 0 saturated heterocycles. The smallest absolute Gasteiger partial charge is 0.269 e. The minimum absolute atomic E-state index is 0.0780. The maximum absolute atomic E-state index is 11.6. The molecule has 0 spiro atoms. The van der Waals surface area contributed by atoms with Crippen LogP contribution in [-0.4, -0.2) is 47.0 Å². The molecule has 1 atom stereocenters. The molecule has 1 aromatic heterocycles. The van der Waals surface area contributed by atoms with Crippen molar-refractivity contribution in [2.24, 2.45) is 5.73 Å². The van der Waals surface area contributed by atoms with E-state index in [-0.39, 0.29) is 11.6 Å². The zero-order valence-electron chi connectivity index (χ0n) is 9.97. The van der Waals surface area contributed by atoms with E-state index in [0.717, 1.165) is 0 Å². The van der Waals surface area contributed by atoms with Crippen LogP contribution >= 0.6 is 0 Å². The monoisotopic (exact) mass is 237 g/mol. The number of nitrogens with one attached hydrogen (secondary N) is 1. The van der Waals surface area contributed by atoms with Gasteiger partial charge in [-0.15, -0.1) is 10.2 Å². The average Bonchev–Trinajstić information content (AvgIpc) is 2.28. The number of primary amides is 1. The quantitative estimate of drug-likeness (QED) is 0.732. The first-order valence-electron chi connectivity index (χ1n) is 5.03. The molecule has 0 aromatic carbocycles. The Morgan fingerprint density at radius 3 is 2.41 bits per heavy atom. The van der Waals surface area contributed by atoms with Gasteiger partial charge in [0.25, 0.3) is 5.91 Å². The van der Waals surface area contributed by atoms with Gasteiger partial charge in [0, 0.05) is 14.1 Å². The number of aromatic nitrogens is 2. The average molecular weight is 237 g/mol. The molecule has 0 aliphatic carbocycles. The Morgan fingerprint density at radius 2 is 2.00 bits per heavy atom. The van der Waals surface area contributed by atoms with E-state index in [9.17, 15) is 9.59 Å². The van der Waals surface area contributed by atoms with E-state index in [4.69, 9.17) is 5.73 Å². The molecule has 0 bridgehead atoms. The molecule has 17 heavy (non-hydrogen) atoms. The molecule has 0 radical (unpaired) electrons. The molecule has 2 amide bonds. The molecular formula is C10H15N5O2. The van der Waals surface area contributed by atoms with E-state index in [2.05, 4.69) is 15.5 Å². The van der Waals surface area contributed by atoms with Gasteiger partial charge in [0.2, 0.25) is 5.91 Å². The first-order chi connectivity index (χ1) is 7.91. The van der Waals surface area contributed by atoms with Crippen LogP contribution in [0.2, 0.25) is 0 Å². The van der Waals surface area contributed by atoms with Crippen molar-refractivity contribution in [1.29, 1.82) is 0 Å². The molecule has 0 saturated carbocycles. The maximum atomic E-state index is 11.6. The van der Waals surface area contributed by atoms with E-state index in [0.29, 0.717) is 5.82 Å². The number of rotatable bonds is 4. The molecule has 0 fully saturated rings. The van der Waals surface area contributed by atoms with Gasteiger partial charge in [-0.2, -0.15) is 0 Å². The van der Waals surface area contributed by atoms with Crippen molar-refractivity contribution in [3.8, 4) is 0 Å². The molecule has 7 heteroatoms. The lowest BCUT2D eigenvalue weighted by atomic mass is 10.3. The van der Waals surface area contributed by atoms with Crippen LogP contribution in [0.1, 0.15) is 17.4 Å². The van der Waals surface area contributed by atoms with Crippen molar-refractivity contribution < 1.29 is 9.59 Å². The fourth-order valence-electron chi connectivity index (χ4n) is 1.21. The number of likely N-dealkylation sites (N-methyl/N-ethyl adjacent to an activating group) is 1. The third-order valence-electron chi connectivity index (χ3n) is 2.09. The standard InChI is InChI=1S/C10H15N5O2/c1-6(10(17)15(2)3)12-8-5-4-7(9(11)16)13-14-8/h4-6H,1-3H3,(H2,11,16)(H,12,14). The largest absolute Gasteiger partial charge is 0.364 e. The van der Waals surface area contributed by atoms with Crippen LogP contribution in [0.5, 0.6) is 0 Å². The second-order valence-electron chi connectivity index (χ2n) is 3.77. The lowest BCUT2D eigenvalue weighted by Crippen LogP contribution is -2.36.